The Kier molecular flexibility index (Phi) is 13.7. The quantitative estimate of drug-likeness (QED) is 0.0572. The number of hydrogen-bond donors (Lipinski definition) is 1. The van der Waals surface area contributed by atoms with Gasteiger partial charge in [-0.25, -0.2) is 9.36 Å². The van der Waals surface area contributed by atoms with E-state index in [-0.39, 0.29) is 31.2 Å². The van der Waals surface area contributed by atoms with Crippen LogP contribution in [0.25, 0.3) is 22.6 Å². The SMILES string of the molecule is CCON=C(CC(=O)OC(C)(C)C)C(=O)NC1C(=O)N2C(C(=O)OCc3ccc(OC)cc3)=C(C[n+]3ccc(-c4csc(/C=C/C(=O)N=C=[N-])c4)cc3)CSC12. The highest BCUT2D eigenvalue weighted by molar-refractivity contribution is 8.00. The van der Waals surface area contributed by atoms with Gasteiger partial charge >= 0.3 is 11.9 Å². The zero-order valence-electron chi connectivity index (χ0n) is 31.3. The Morgan fingerprint density at radius 2 is 1.84 bits per heavy atom. The monoisotopic (exact) mass is 800 g/mol. The number of nitrogens with zero attached hydrogens (tertiary/aromatic N) is 5. The number of amides is 3. The molecular formula is C39H40N6O9S2. The van der Waals surface area contributed by atoms with Crippen molar-refractivity contribution >= 4 is 70.6 Å². The van der Waals surface area contributed by atoms with E-state index >= 15 is 0 Å². The van der Waals surface area contributed by atoms with Crippen LogP contribution in [0.15, 0.2) is 87.7 Å². The summed E-state index contributed by atoms with van der Waals surface area (Å²) in [4.78, 5) is 75.5. The predicted octanol–water partition coefficient (Wildman–Crippen LogP) is 4.52. The molecule has 4 heterocycles. The van der Waals surface area contributed by atoms with Gasteiger partial charge < -0.3 is 34.8 Å². The van der Waals surface area contributed by atoms with Gasteiger partial charge in [0.25, 0.3) is 11.8 Å². The second-order valence-electron chi connectivity index (χ2n) is 13.3. The minimum absolute atomic E-state index is 0.0531. The van der Waals surface area contributed by atoms with E-state index in [0.29, 0.717) is 17.1 Å². The Labute approximate surface area is 331 Å². The molecule has 5 rings (SSSR count). The molecule has 17 heteroatoms. The summed E-state index contributed by atoms with van der Waals surface area (Å²) in [5.41, 5.74) is 2.24. The third-order valence-corrected chi connectivity index (χ3v) is 10.4. The maximum atomic E-state index is 13.9. The third-order valence-electron chi connectivity index (χ3n) is 8.12. The highest BCUT2D eigenvalue weighted by Crippen LogP contribution is 2.41. The molecule has 2 aliphatic rings. The van der Waals surface area contributed by atoms with Crippen molar-refractivity contribution in [2.45, 2.75) is 64.3 Å². The van der Waals surface area contributed by atoms with Gasteiger partial charge in [0.1, 0.15) is 41.7 Å². The van der Waals surface area contributed by atoms with E-state index in [0.717, 1.165) is 21.6 Å². The lowest BCUT2D eigenvalue weighted by atomic mass is 10.0. The Morgan fingerprint density at radius 3 is 2.50 bits per heavy atom. The average molecular weight is 801 g/mol. The number of methoxy groups -OCH3 is 1. The summed E-state index contributed by atoms with van der Waals surface area (Å²) in [6.07, 6.45) is 6.07. The molecular weight excluding hydrogens is 761 g/mol. The number of rotatable bonds is 15. The molecule has 3 amide bonds. The number of fused-ring (bicyclic) bond motifs is 1. The van der Waals surface area contributed by atoms with Gasteiger partial charge in [0.05, 0.1) is 13.5 Å². The molecule has 56 heavy (non-hydrogen) atoms. The van der Waals surface area contributed by atoms with Gasteiger partial charge in [-0.15, -0.1) is 29.1 Å². The number of hydrogen-bond acceptors (Lipinski definition) is 12. The second kappa shape index (κ2) is 18.6. The summed E-state index contributed by atoms with van der Waals surface area (Å²) in [5, 5.41) is 16.4. The molecule has 0 radical (unpaired) electrons. The van der Waals surface area contributed by atoms with Crippen molar-refractivity contribution in [3.05, 3.63) is 93.4 Å². The molecule has 292 valence electrons. The molecule has 0 aliphatic carbocycles. The molecule has 1 aromatic carbocycles. The topological polar surface area (TPSA) is 188 Å². The minimum atomic E-state index is -1.01. The molecule has 2 aromatic heterocycles. The number of benzene rings is 1. The Morgan fingerprint density at radius 1 is 1.11 bits per heavy atom. The normalized spacial score (nSPS) is 16.7. The molecule has 1 N–H and O–H groups in total. The molecule has 0 saturated carbocycles. The Hall–Kier alpha value is -5.90. The summed E-state index contributed by atoms with van der Waals surface area (Å²) in [7, 11) is 1.55. The first-order valence-corrected chi connectivity index (χ1v) is 19.3. The molecule has 15 nitrogen and oxygen atoms in total. The fraction of sp³-hybridized carbons (Fsp3) is 0.333. The summed E-state index contributed by atoms with van der Waals surface area (Å²) in [6.45, 7) is 7.13. The van der Waals surface area contributed by atoms with Crippen LogP contribution in [0, 0.1) is 0 Å². The van der Waals surface area contributed by atoms with Gasteiger partial charge in [0, 0.05) is 28.3 Å². The molecule has 2 atom stereocenters. The molecule has 1 fully saturated rings. The van der Waals surface area contributed by atoms with Crippen LogP contribution >= 0.6 is 23.1 Å². The lowest BCUT2D eigenvalue weighted by molar-refractivity contribution is -0.689. The van der Waals surface area contributed by atoms with Crippen LogP contribution in [0.1, 0.15) is 44.6 Å². The highest BCUT2D eigenvalue weighted by atomic mass is 32.2. The van der Waals surface area contributed by atoms with Gasteiger partial charge in [0.2, 0.25) is 0 Å². The summed E-state index contributed by atoms with van der Waals surface area (Å²) in [6, 6.07) is 13.2. The van der Waals surface area contributed by atoms with E-state index in [4.69, 9.17) is 24.5 Å². The van der Waals surface area contributed by atoms with Gasteiger partial charge in [-0.2, -0.15) is 0 Å². The molecule has 0 bridgehead atoms. The van der Waals surface area contributed by atoms with Gasteiger partial charge in [-0.3, -0.25) is 24.1 Å². The fourth-order valence-corrected chi connectivity index (χ4v) is 7.72. The number of carbonyl (C=O) groups excluding carboxylic acids is 5. The molecule has 2 aliphatic heterocycles. The maximum absolute atomic E-state index is 13.9. The number of esters is 2. The number of aliphatic imine (C=N–C) groups is 1. The van der Waals surface area contributed by atoms with Crippen LogP contribution in [0.5, 0.6) is 5.75 Å². The first-order valence-electron chi connectivity index (χ1n) is 17.4. The van der Waals surface area contributed by atoms with Crippen LogP contribution in [0.4, 0.5) is 0 Å². The zero-order valence-corrected chi connectivity index (χ0v) is 33.0. The number of aromatic nitrogens is 1. The van der Waals surface area contributed by atoms with Gasteiger partial charge in [-0.05, 0) is 80.1 Å². The number of pyridine rings is 1. The van der Waals surface area contributed by atoms with Crippen molar-refractivity contribution in [2.24, 2.45) is 10.1 Å². The largest absolute Gasteiger partial charge is 0.497 e. The number of thioether (sulfide) groups is 1. The van der Waals surface area contributed by atoms with Crippen molar-refractivity contribution in [2.75, 3.05) is 19.5 Å². The average Bonchev–Trinajstić information content (AvgIpc) is 3.65. The molecule has 2 unspecified atom stereocenters. The van der Waals surface area contributed by atoms with E-state index in [1.165, 1.54) is 40.1 Å². The predicted molar refractivity (Wildman–Crippen MR) is 209 cm³/mol. The van der Waals surface area contributed by atoms with Crippen molar-refractivity contribution in [3.8, 4) is 16.9 Å². The number of oxime groups is 1. The zero-order chi connectivity index (χ0) is 40.4. The Balaban J connectivity index is 1.35. The van der Waals surface area contributed by atoms with Crippen LogP contribution in [-0.2, 0) is 51.4 Å². The Bertz CT molecular complexity index is 2110. The van der Waals surface area contributed by atoms with E-state index in [1.54, 1.807) is 65.1 Å². The van der Waals surface area contributed by atoms with Crippen LogP contribution in [0.3, 0.4) is 0 Å². The van der Waals surface area contributed by atoms with E-state index in [2.05, 4.69) is 15.5 Å². The number of thiophene rings is 1. The first kappa shape index (κ1) is 41.3. The van der Waals surface area contributed by atoms with Crippen molar-refractivity contribution in [1.29, 1.82) is 0 Å². The number of ether oxygens (including phenoxy) is 3. The molecule has 3 aromatic rings. The van der Waals surface area contributed by atoms with Crippen LogP contribution in [-0.4, -0.2) is 82.8 Å². The van der Waals surface area contributed by atoms with Crippen molar-refractivity contribution in [1.82, 2.24) is 10.2 Å². The molecule has 1 saturated heterocycles. The smallest absolute Gasteiger partial charge is 0.355 e. The third kappa shape index (κ3) is 10.6. The lowest BCUT2D eigenvalue weighted by Crippen LogP contribution is -2.71. The highest BCUT2D eigenvalue weighted by Gasteiger charge is 2.55. The van der Waals surface area contributed by atoms with E-state index < -0.39 is 53.1 Å². The van der Waals surface area contributed by atoms with Crippen LogP contribution < -0.4 is 14.6 Å². The second-order valence-corrected chi connectivity index (χ2v) is 15.4. The summed E-state index contributed by atoms with van der Waals surface area (Å²) >= 11 is 2.81. The van der Waals surface area contributed by atoms with Gasteiger partial charge in [0.15, 0.2) is 30.6 Å². The van der Waals surface area contributed by atoms with Crippen molar-refractivity contribution < 1.29 is 47.6 Å². The van der Waals surface area contributed by atoms with Crippen LogP contribution in [0.2, 0.25) is 0 Å². The number of β-lactam (4-membered cyclic amide) rings is 1. The fourth-order valence-electron chi connectivity index (χ4n) is 5.57. The van der Waals surface area contributed by atoms with Crippen molar-refractivity contribution in [3.63, 3.8) is 0 Å². The number of carbonyl (C=O) groups is 5. The standard InChI is InChI=1S/C39H40N6O9S2/c1-6-53-43-30(18-32(47)54-39(2,3)4)35(48)42-33-36(49)45-34(38(50)52-20-24-7-9-28(51-5)10-8-24)27(22-56-37(33)45)19-44-15-13-25(14-16-44)26-17-29(55-21-26)11-12-31(46)41-23-40/h7-17,21,33,37H,6,18-20,22H2,1-5H3,(H,42,48)/b12-11+,43-30?. The van der Waals surface area contributed by atoms with E-state index in [9.17, 15) is 24.0 Å². The minimum Gasteiger partial charge on any atom is -0.497 e. The lowest BCUT2D eigenvalue weighted by Gasteiger charge is -2.49. The first-order chi connectivity index (χ1) is 26.8. The summed E-state index contributed by atoms with van der Waals surface area (Å²) in [5.74, 6) is -2.31. The maximum Gasteiger partial charge on any atom is 0.355 e. The summed E-state index contributed by atoms with van der Waals surface area (Å²) < 4.78 is 18.2. The number of nitrogens with one attached hydrogen (secondary N) is 1. The molecule has 0 spiro atoms. The van der Waals surface area contributed by atoms with E-state index in [1.807, 2.05) is 40.5 Å². The van der Waals surface area contributed by atoms with Gasteiger partial charge in [-0.1, -0.05) is 17.3 Å².